The third-order valence-corrected chi connectivity index (χ3v) is 4.33. The van der Waals surface area contributed by atoms with Gasteiger partial charge in [0, 0.05) is 11.0 Å². The minimum Gasteiger partial charge on any atom is -0.385 e. The predicted octanol–water partition coefficient (Wildman–Crippen LogP) is 4.68. The molecule has 22 heavy (non-hydrogen) atoms. The van der Waals surface area contributed by atoms with E-state index in [1.807, 2.05) is 30.3 Å². The van der Waals surface area contributed by atoms with Gasteiger partial charge in [0.15, 0.2) is 0 Å². The minimum absolute atomic E-state index is 0.521. The van der Waals surface area contributed by atoms with Crippen LogP contribution < -0.4 is 0 Å². The summed E-state index contributed by atoms with van der Waals surface area (Å²) in [6.07, 6.45) is 1.14. The molecule has 3 aromatic rings. The molecule has 0 aliphatic rings. The number of halogens is 1. The van der Waals surface area contributed by atoms with Crippen LogP contribution in [0.25, 0.3) is 11.0 Å². The van der Waals surface area contributed by atoms with Gasteiger partial charge in [0.1, 0.15) is 11.9 Å². The maximum atomic E-state index is 10.4. The largest absolute Gasteiger partial charge is 0.385 e. The highest BCUT2D eigenvalue weighted by Gasteiger charge is 2.17. The van der Waals surface area contributed by atoms with Gasteiger partial charge < -0.3 is 9.67 Å². The summed E-state index contributed by atoms with van der Waals surface area (Å²) in [5.41, 5.74) is 3.19. The molecule has 1 heterocycles. The fraction of sp³-hybridized carbons (Fsp3) is 0.278. The number of aliphatic hydroxyl groups excluding tert-OH is 1. The van der Waals surface area contributed by atoms with E-state index in [1.54, 1.807) is 0 Å². The maximum absolute atomic E-state index is 10.4. The van der Waals surface area contributed by atoms with Crippen LogP contribution in [0.1, 0.15) is 37.3 Å². The molecule has 0 aliphatic carbocycles. The summed E-state index contributed by atoms with van der Waals surface area (Å²) in [5.74, 6) is 0.756. The lowest BCUT2D eigenvalue weighted by Gasteiger charge is -2.13. The van der Waals surface area contributed by atoms with E-state index < -0.39 is 6.10 Å². The first-order valence-corrected chi connectivity index (χ1v) is 8.36. The van der Waals surface area contributed by atoms with Gasteiger partial charge >= 0.3 is 0 Å². The Bertz CT molecular complexity index is 764. The third-order valence-electron chi connectivity index (χ3n) is 3.80. The predicted molar refractivity (Wildman–Crippen MR) is 92.8 cm³/mol. The van der Waals surface area contributed by atoms with E-state index in [1.165, 1.54) is 5.56 Å². The molecule has 0 aliphatic heterocycles. The molecule has 0 bridgehead atoms. The van der Waals surface area contributed by atoms with Crippen LogP contribution in [0.15, 0.2) is 53.0 Å². The number of aliphatic hydroxyl groups is 1. The van der Waals surface area contributed by atoms with Crippen LogP contribution in [0, 0.1) is 0 Å². The van der Waals surface area contributed by atoms with Gasteiger partial charge in [-0.3, -0.25) is 0 Å². The van der Waals surface area contributed by atoms with Crippen molar-refractivity contribution < 1.29 is 5.11 Å². The molecule has 0 radical (unpaired) electrons. The number of imidazole rings is 1. The second-order valence-electron chi connectivity index (χ2n) is 5.48. The molecule has 0 amide bonds. The molecule has 0 unspecified atom stereocenters. The van der Waals surface area contributed by atoms with Gasteiger partial charge in [-0.05, 0) is 36.2 Å². The van der Waals surface area contributed by atoms with E-state index in [0.29, 0.717) is 6.54 Å². The van der Waals surface area contributed by atoms with Gasteiger partial charge in [-0.1, -0.05) is 53.5 Å². The van der Waals surface area contributed by atoms with Crippen molar-refractivity contribution in [1.29, 1.82) is 0 Å². The van der Waals surface area contributed by atoms with Crippen LogP contribution in [-0.4, -0.2) is 14.7 Å². The zero-order valence-electron chi connectivity index (χ0n) is 12.5. The first kappa shape index (κ1) is 15.3. The molecule has 0 saturated carbocycles. The monoisotopic (exact) mass is 358 g/mol. The highest BCUT2D eigenvalue weighted by atomic mass is 79.9. The zero-order chi connectivity index (χ0) is 15.5. The van der Waals surface area contributed by atoms with E-state index in [9.17, 15) is 5.11 Å². The van der Waals surface area contributed by atoms with Gasteiger partial charge in [-0.2, -0.15) is 0 Å². The van der Waals surface area contributed by atoms with Crippen molar-refractivity contribution in [3.8, 4) is 0 Å². The summed E-state index contributed by atoms with van der Waals surface area (Å²) in [4.78, 5) is 4.65. The van der Waals surface area contributed by atoms with Crippen molar-refractivity contribution in [2.75, 3.05) is 0 Å². The molecule has 2 aromatic carbocycles. The number of nitrogens with zero attached hydrogens (tertiary/aromatic N) is 2. The van der Waals surface area contributed by atoms with Crippen molar-refractivity contribution >= 4 is 27.0 Å². The number of hydrogen-bond acceptors (Lipinski definition) is 2. The molecule has 0 spiro atoms. The Morgan fingerprint density at radius 3 is 2.59 bits per heavy atom. The van der Waals surface area contributed by atoms with Crippen LogP contribution >= 0.6 is 15.9 Å². The smallest absolute Gasteiger partial charge is 0.139 e. The molecule has 0 saturated heterocycles. The van der Waals surface area contributed by atoms with Crippen molar-refractivity contribution in [2.24, 2.45) is 0 Å². The van der Waals surface area contributed by atoms with Crippen LogP contribution in [0.3, 0.4) is 0 Å². The fourth-order valence-corrected chi connectivity index (χ4v) is 2.95. The van der Waals surface area contributed by atoms with Gasteiger partial charge in [0.25, 0.3) is 0 Å². The molecule has 3 rings (SSSR count). The average molecular weight is 359 g/mol. The van der Waals surface area contributed by atoms with Crippen LogP contribution in [0.2, 0.25) is 0 Å². The van der Waals surface area contributed by atoms with Crippen molar-refractivity contribution in [3.05, 3.63) is 64.4 Å². The standard InChI is InChI=1S/C18H19BrN2O/c1-2-5-17(22)18-20-15-6-3-4-7-16(15)21(18)12-13-8-10-14(19)11-9-13/h3-4,6-11,17,22H,2,5,12H2,1H3/t17-/m0/s1. The fourth-order valence-electron chi connectivity index (χ4n) is 2.69. The Kier molecular flexibility index (Phi) is 4.60. The molecule has 0 fully saturated rings. The Morgan fingerprint density at radius 2 is 1.86 bits per heavy atom. The normalized spacial score (nSPS) is 12.7. The van der Waals surface area contributed by atoms with Crippen LogP contribution in [0.4, 0.5) is 0 Å². The zero-order valence-corrected chi connectivity index (χ0v) is 14.1. The number of para-hydroxylation sites is 2. The Hall–Kier alpha value is -1.65. The lowest BCUT2D eigenvalue weighted by atomic mass is 10.2. The van der Waals surface area contributed by atoms with Gasteiger partial charge in [-0.15, -0.1) is 0 Å². The Labute approximate surface area is 138 Å². The second kappa shape index (κ2) is 6.63. The number of aromatic nitrogens is 2. The SMILES string of the molecule is CCC[C@H](O)c1nc2ccccc2n1Cc1ccc(Br)cc1. The summed E-state index contributed by atoms with van der Waals surface area (Å²) in [6.45, 7) is 2.79. The molecular formula is C18H19BrN2O. The number of hydrogen-bond donors (Lipinski definition) is 1. The molecule has 3 nitrogen and oxygen atoms in total. The number of rotatable bonds is 5. The quantitative estimate of drug-likeness (QED) is 0.718. The van der Waals surface area contributed by atoms with Crippen molar-refractivity contribution in [1.82, 2.24) is 9.55 Å². The van der Waals surface area contributed by atoms with Crippen LogP contribution in [-0.2, 0) is 6.54 Å². The summed E-state index contributed by atoms with van der Waals surface area (Å²) in [5, 5.41) is 10.4. The van der Waals surface area contributed by atoms with Gasteiger partial charge in [0.05, 0.1) is 11.0 Å². The summed E-state index contributed by atoms with van der Waals surface area (Å²) < 4.78 is 3.19. The summed E-state index contributed by atoms with van der Waals surface area (Å²) in [6, 6.07) is 16.3. The van der Waals surface area contributed by atoms with E-state index in [0.717, 1.165) is 34.2 Å². The van der Waals surface area contributed by atoms with Crippen LogP contribution in [0.5, 0.6) is 0 Å². The van der Waals surface area contributed by atoms with Crippen molar-refractivity contribution in [2.45, 2.75) is 32.4 Å². The molecule has 114 valence electrons. The average Bonchev–Trinajstić information content (AvgIpc) is 2.89. The highest BCUT2D eigenvalue weighted by molar-refractivity contribution is 9.10. The maximum Gasteiger partial charge on any atom is 0.139 e. The summed E-state index contributed by atoms with van der Waals surface area (Å²) in [7, 11) is 0. The number of fused-ring (bicyclic) bond motifs is 1. The topological polar surface area (TPSA) is 38.1 Å². The second-order valence-corrected chi connectivity index (χ2v) is 6.39. The third kappa shape index (κ3) is 3.08. The highest BCUT2D eigenvalue weighted by Crippen LogP contribution is 2.25. The first-order valence-electron chi connectivity index (χ1n) is 7.56. The van der Waals surface area contributed by atoms with E-state index in [4.69, 9.17) is 0 Å². The van der Waals surface area contributed by atoms with Crippen molar-refractivity contribution in [3.63, 3.8) is 0 Å². The van der Waals surface area contributed by atoms with E-state index in [-0.39, 0.29) is 0 Å². The summed E-state index contributed by atoms with van der Waals surface area (Å²) >= 11 is 3.46. The van der Waals surface area contributed by atoms with Gasteiger partial charge in [0.2, 0.25) is 0 Å². The lowest BCUT2D eigenvalue weighted by Crippen LogP contribution is -2.10. The lowest BCUT2D eigenvalue weighted by molar-refractivity contribution is 0.153. The molecular weight excluding hydrogens is 340 g/mol. The van der Waals surface area contributed by atoms with E-state index >= 15 is 0 Å². The van der Waals surface area contributed by atoms with Gasteiger partial charge in [-0.25, -0.2) is 4.98 Å². The van der Waals surface area contributed by atoms with E-state index in [2.05, 4.69) is 50.6 Å². The molecule has 1 aromatic heterocycles. The Morgan fingerprint density at radius 1 is 1.14 bits per heavy atom. The molecule has 4 heteroatoms. The minimum atomic E-state index is -0.521. The number of benzene rings is 2. The Balaban J connectivity index is 2.05. The molecule has 1 N–H and O–H groups in total. The first-order chi connectivity index (χ1) is 10.7. The molecule has 1 atom stereocenters.